The van der Waals surface area contributed by atoms with Crippen molar-refractivity contribution in [3.05, 3.63) is 95.3 Å². The number of rotatable bonds is 6. The van der Waals surface area contributed by atoms with E-state index in [1.54, 1.807) is 0 Å². The number of aromatic nitrogens is 3. The predicted octanol–water partition coefficient (Wildman–Crippen LogP) is 5.36. The molecule has 0 bridgehead atoms. The SMILES string of the molecule is Cc1ccc(C(N)=NCc2ccc(-c3ncn(-c4ccc(OC(F)(F)F)cc4)n3)cc2)c(C)c1. The van der Waals surface area contributed by atoms with Crippen LogP contribution in [0.2, 0.25) is 0 Å². The van der Waals surface area contributed by atoms with Crippen LogP contribution in [0.1, 0.15) is 22.3 Å². The number of nitrogens with zero attached hydrogens (tertiary/aromatic N) is 4. The second kappa shape index (κ2) is 9.38. The summed E-state index contributed by atoms with van der Waals surface area (Å²) in [5.74, 6) is 0.683. The molecule has 6 nitrogen and oxygen atoms in total. The molecule has 2 N–H and O–H groups in total. The van der Waals surface area contributed by atoms with E-state index in [0.29, 0.717) is 23.9 Å². The standard InChI is InChI=1S/C25H22F3N5O/c1-16-3-12-22(17(2)13-16)23(29)30-14-18-4-6-19(7-5-18)24-31-15-33(32-24)20-8-10-21(11-9-20)34-25(26,27)28/h3-13,15H,14H2,1-2H3,(H2,29,30). The lowest BCUT2D eigenvalue weighted by Gasteiger charge is -2.09. The molecule has 1 aromatic heterocycles. The molecule has 0 radical (unpaired) electrons. The molecule has 0 fully saturated rings. The Kier molecular flexibility index (Phi) is 6.36. The van der Waals surface area contributed by atoms with Crippen molar-refractivity contribution in [1.82, 2.24) is 14.8 Å². The van der Waals surface area contributed by atoms with Gasteiger partial charge in [-0.2, -0.15) is 0 Å². The van der Waals surface area contributed by atoms with Crippen molar-refractivity contribution < 1.29 is 17.9 Å². The molecular formula is C25H22F3N5O. The quantitative estimate of drug-likeness (QED) is 0.307. The predicted molar refractivity (Wildman–Crippen MR) is 124 cm³/mol. The number of hydrogen-bond donors (Lipinski definition) is 1. The van der Waals surface area contributed by atoms with E-state index < -0.39 is 6.36 Å². The van der Waals surface area contributed by atoms with Crippen molar-refractivity contribution in [2.45, 2.75) is 26.8 Å². The Morgan fingerprint density at radius 2 is 1.71 bits per heavy atom. The van der Waals surface area contributed by atoms with Gasteiger partial charge in [0.15, 0.2) is 5.82 Å². The van der Waals surface area contributed by atoms with Gasteiger partial charge in [0.05, 0.1) is 12.2 Å². The van der Waals surface area contributed by atoms with E-state index in [4.69, 9.17) is 5.73 Å². The molecule has 0 unspecified atom stereocenters. The molecule has 3 aromatic carbocycles. The maximum absolute atomic E-state index is 12.3. The Hall–Kier alpha value is -4.14. The normalized spacial score (nSPS) is 12.1. The summed E-state index contributed by atoms with van der Waals surface area (Å²) < 4.78 is 42.3. The summed E-state index contributed by atoms with van der Waals surface area (Å²) in [7, 11) is 0. The van der Waals surface area contributed by atoms with Crippen molar-refractivity contribution in [1.29, 1.82) is 0 Å². The van der Waals surface area contributed by atoms with Crippen LogP contribution in [-0.2, 0) is 6.54 Å². The van der Waals surface area contributed by atoms with Crippen molar-refractivity contribution in [2.24, 2.45) is 10.7 Å². The molecule has 0 atom stereocenters. The first-order chi connectivity index (χ1) is 16.2. The summed E-state index contributed by atoms with van der Waals surface area (Å²) >= 11 is 0. The fourth-order valence-electron chi connectivity index (χ4n) is 3.44. The van der Waals surface area contributed by atoms with Gasteiger partial charge in [-0.1, -0.05) is 48.0 Å². The van der Waals surface area contributed by atoms with E-state index in [-0.39, 0.29) is 5.75 Å². The zero-order valence-corrected chi connectivity index (χ0v) is 18.5. The average molecular weight is 465 g/mol. The van der Waals surface area contributed by atoms with Gasteiger partial charge >= 0.3 is 6.36 Å². The largest absolute Gasteiger partial charge is 0.573 e. The smallest absolute Gasteiger partial charge is 0.406 e. The highest BCUT2D eigenvalue weighted by molar-refractivity contribution is 5.98. The number of hydrogen-bond acceptors (Lipinski definition) is 4. The number of amidine groups is 1. The summed E-state index contributed by atoms with van der Waals surface area (Å²) in [5.41, 5.74) is 11.7. The highest BCUT2D eigenvalue weighted by Crippen LogP contribution is 2.24. The molecule has 4 rings (SSSR count). The molecule has 0 aliphatic heterocycles. The zero-order valence-electron chi connectivity index (χ0n) is 18.5. The van der Waals surface area contributed by atoms with Crippen LogP contribution in [0.5, 0.6) is 5.75 Å². The van der Waals surface area contributed by atoms with Crippen LogP contribution in [0, 0.1) is 13.8 Å². The number of aliphatic imine (C=N–C) groups is 1. The monoisotopic (exact) mass is 465 g/mol. The van der Waals surface area contributed by atoms with Crippen LogP contribution in [0.25, 0.3) is 17.1 Å². The number of aryl methyl sites for hydroxylation is 2. The maximum atomic E-state index is 12.3. The van der Waals surface area contributed by atoms with Gasteiger partial charge in [-0.3, -0.25) is 4.99 Å². The third-order valence-electron chi connectivity index (χ3n) is 5.13. The highest BCUT2D eigenvalue weighted by atomic mass is 19.4. The minimum Gasteiger partial charge on any atom is -0.406 e. The molecule has 9 heteroatoms. The van der Waals surface area contributed by atoms with Crippen LogP contribution in [0.3, 0.4) is 0 Å². The van der Waals surface area contributed by atoms with Gasteiger partial charge in [0.2, 0.25) is 0 Å². The van der Waals surface area contributed by atoms with Gasteiger partial charge in [0.1, 0.15) is 17.9 Å². The lowest BCUT2D eigenvalue weighted by Crippen LogP contribution is -2.17. The van der Waals surface area contributed by atoms with Crippen molar-refractivity contribution >= 4 is 5.84 Å². The third kappa shape index (κ3) is 5.61. The Morgan fingerprint density at radius 3 is 2.35 bits per heavy atom. The topological polar surface area (TPSA) is 78.3 Å². The van der Waals surface area contributed by atoms with E-state index >= 15 is 0 Å². The number of nitrogens with two attached hydrogens (primary N) is 1. The lowest BCUT2D eigenvalue weighted by molar-refractivity contribution is -0.274. The summed E-state index contributed by atoms with van der Waals surface area (Å²) in [6, 6.07) is 19.1. The molecular weight excluding hydrogens is 443 g/mol. The first-order valence-corrected chi connectivity index (χ1v) is 10.4. The van der Waals surface area contributed by atoms with Crippen molar-refractivity contribution in [3.63, 3.8) is 0 Å². The maximum Gasteiger partial charge on any atom is 0.573 e. The molecule has 0 aliphatic rings. The van der Waals surface area contributed by atoms with Crippen LogP contribution >= 0.6 is 0 Å². The second-order valence-electron chi connectivity index (χ2n) is 7.77. The van der Waals surface area contributed by atoms with Gasteiger partial charge in [-0.25, -0.2) is 9.67 Å². The number of halogens is 3. The number of alkyl halides is 3. The van der Waals surface area contributed by atoms with Crippen LogP contribution < -0.4 is 10.5 Å². The molecule has 34 heavy (non-hydrogen) atoms. The molecule has 0 saturated carbocycles. The van der Waals surface area contributed by atoms with E-state index in [0.717, 1.165) is 22.3 Å². The van der Waals surface area contributed by atoms with E-state index in [2.05, 4.69) is 25.9 Å². The highest BCUT2D eigenvalue weighted by Gasteiger charge is 2.31. The average Bonchev–Trinajstić information content (AvgIpc) is 3.27. The van der Waals surface area contributed by atoms with E-state index in [9.17, 15) is 13.2 Å². The molecule has 0 amide bonds. The molecule has 4 aromatic rings. The van der Waals surface area contributed by atoms with Gasteiger partial charge < -0.3 is 10.5 Å². The van der Waals surface area contributed by atoms with Crippen LogP contribution in [-0.4, -0.2) is 27.0 Å². The van der Waals surface area contributed by atoms with Crippen molar-refractivity contribution in [3.8, 4) is 22.8 Å². The Bertz CT molecular complexity index is 1310. The minimum absolute atomic E-state index is 0.298. The van der Waals surface area contributed by atoms with Crippen LogP contribution in [0.15, 0.2) is 78.0 Å². The second-order valence-corrected chi connectivity index (χ2v) is 7.77. The number of ether oxygens (including phenoxy) is 1. The van der Waals surface area contributed by atoms with E-state index in [1.165, 1.54) is 40.8 Å². The molecule has 0 spiro atoms. The minimum atomic E-state index is -4.73. The summed E-state index contributed by atoms with van der Waals surface area (Å²) in [5, 5.41) is 4.41. The number of benzene rings is 3. The third-order valence-corrected chi connectivity index (χ3v) is 5.13. The lowest BCUT2D eigenvalue weighted by atomic mass is 10.1. The van der Waals surface area contributed by atoms with Crippen LogP contribution in [0.4, 0.5) is 13.2 Å². The van der Waals surface area contributed by atoms with Gasteiger partial charge in [0.25, 0.3) is 0 Å². The fourth-order valence-corrected chi connectivity index (χ4v) is 3.44. The molecule has 0 aliphatic carbocycles. The summed E-state index contributed by atoms with van der Waals surface area (Å²) in [4.78, 5) is 8.81. The molecule has 1 heterocycles. The van der Waals surface area contributed by atoms with E-state index in [1.807, 2.05) is 50.2 Å². The summed E-state index contributed by atoms with van der Waals surface area (Å²) in [6.07, 6.45) is -3.23. The Labute approximate surface area is 194 Å². The zero-order chi connectivity index (χ0) is 24.3. The first-order valence-electron chi connectivity index (χ1n) is 10.4. The van der Waals surface area contributed by atoms with Crippen molar-refractivity contribution in [2.75, 3.05) is 0 Å². The van der Waals surface area contributed by atoms with Gasteiger partial charge in [-0.15, -0.1) is 18.3 Å². The first kappa shape index (κ1) is 23.0. The molecule has 0 saturated heterocycles. The van der Waals surface area contributed by atoms with Gasteiger partial charge in [-0.05, 0) is 49.2 Å². The fraction of sp³-hybridized carbons (Fsp3) is 0.160. The van der Waals surface area contributed by atoms with Gasteiger partial charge in [0, 0.05) is 11.1 Å². The molecule has 174 valence electrons. The Balaban J connectivity index is 1.43. The summed E-state index contributed by atoms with van der Waals surface area (Å²) in [6.45, 7) is 4.48. The Morgan fingerprint density at radius 1 is 1.00 bits per heavy atom.